The second kappa shape index (κ2) is 7.81. The number of anilines is 1. The van der Waals surface area contributed by atoms with Crippen LogP contribution < -0.4 is 21.5 Å². The molecule has 1 saturated heterocycles. The molecule has 0 radical (unpaired) electrons. The molecule has 2 amide bonds. The van der Waals surface area contributed by atoms with Crippen molar-refractivity contribution in [3.05, 3.63) is 16.7 Å². The molecule has 140 valence electrons. The average Bonchev–Trinajstić information content (AvgIpc) is 3.07. The molecule has 1 fully saturated rings. The normalized spacial score (nSPS) is 17.4. The van der Waals surface area contributed by atoms with E-state index in [1.165, 1.54) is 22.2 Å². The summed E-state index contributed by atoms with van der Waals surface area (Å²) in [5.74, 6) is -0.614. The zero-order valence-corrected chi connectivity index (χ0v) is 15.4. The smallest absolute Gasteiger partial charge is 0.273 e. The van der Waals surface area contributed by atoms with Crippen molar-refractivity contribution in [3.63, 3.8) is 0 Å². The van der Waals surface area contributed by atoms with Gasteiger partial charge in [-0.25, -0.2) is 4.98 Å². The topological polar surface area (TPSA) is 123 Å². The number of piperidine rings is 1. The van der Waals surface area contributed by atoms with Crippen LogP contribution in [0.5, 0.6) is 0 Å². The van der Waals surface area contributed by atoms with E-state index < -0.39 is 5.91 Å². The van der Waals surface area contributed by atoms with E-state index in [0.29, 0.717) is 28.6 Å². The van der Waals surface area contributed by atoms with Crippen molar-refractivity contribution in [2.45, 2.75) is 32.7 Å². The maximum atomic E-state index is 12.5. The average molecular weight is 378 g/mol. The number of hydrogen-bond donors (Lipinski definition) is 2. The molecule has 10 heteroatoms. The summed E-state index contributed by atoms with van der Waals surface area (Å²) >= 11 is 1.24. The summed E-state index contributed by atoms with van der Waals surface area (Å²) in [6, 6.07) is 0. The summed E-state index contributed by atoms with van der Waals surface area (Å²) in [5.41, 5.74) is 5.18. The van der Waals surface area contributed by atoms with E-state index in [4.69, 9.17) is 5.73 Å². The molecule has 2 aromatic heterocycles. The largest absolute Gasteiger partial charge is 0.368 e. The van der Waals surface area contributed by atoms with Crippen LogP contribution in [-0.4, -0.2) is 46.0 Å². The lowest BCUT2D eigenvalue weighted by Crippen LogP contribution is -2.43. The van der Waals surface area contributed by atoms with Gasteiger partial charge in [0.25, 0.3) is 5.56 Å². The van der Waals surface area contributed by atoms with E-state index in [1.807, 2.05) is 11.8 Å². The molecule has 1 aliphatic heterocycles. The fourth-order valence-electron chi connectivity index (χ4n) is 3.01. The maximum Gasteiger partial charge on any atom is 0.273 e. The summed E-state index contributed by atoms with van der Waals surface area (Å²) in [6.07, 6.45) is 3.93. The molecule has 26 heavy (non-hydrogen) atoms. The SMILES string of the molecule is CCCNC(=O)C1CCCN(c2nc3ncn(CC(N)=O)c(=O)c3s2)C1. The lowest BCUT2D eigenvalue weighted by molar-refractivity contribution is -0.125. The molecular weight excluding hydrogens is 356 g/mol. The van der Waals surface area contributed by atoms with E-state index in [1.54, 1.807) is 0 Å². The number of nitrogens with zero attached hydrogens (tertiary/aromatic N) is 4. The van der Waals surface area contributed by atoms with Crippen LogP contribution in [0.4, 0.5) is 5.13 Å². The van der Waals surface area contributed by atoms with Gasteiger partial charge in [-0.1, -0.05) is 18.3 Å². The van der Waals surface area contributed by atoms with Crippen molar-refractivity contribution < 1.29 is 9.59 Å². The number of nitrogens with two attached hydrogens (primary N) is 1. The van der Waals surface area contributed by atoms with Gasteiger partial charge in [-0.05, 0) is 19.3 Å². The van der Waals surface area contributed by atoms with Gasteiger partial charge in [0.05, 0.1) is 5.92 Å². The number of primary amides is 1. The Morgan fingerprint density at radius 1 is 1.46 bits per heavy atom. The minimum Gasteiger partial charge on any atom is -0.368 e. The van der Waals surface area contributed by atoms with Crippen molar-refractivity contribution in [3.8, 4) is 0 Å². The number of hydrogen-bond acceptors (Lipinski definition) is 7. The van der Waals surface area contributed by atoms with Gasteiger partial charge in [-0.2, -0.15) is 4.98 Å². The maximum absolute atomic E-state index is 12.5. The van der Waals surface area contributed by atoms with Gasteiger partial charge in [-0.3, -0.25) is 19.0 Å². The van der Waals surface area contributed by atoms with Crippen LogP contribution in [0.1, 0.15) is 26.2 Å². The molecule has 3 N–H and O–H groups in total. The van der Waals surface area contributed by atoms with Crippen molar-refractivity contribution >= 4 is 38.6 Å². The first-order valence-electron chi connectivity index (χ1n) is 8.66. The molecule has 0 bridgehead atoms. The molecule has 9 nitrogen and oxygen atoms in total. The number of aromatic nitrogens is 3. The summed E-state index contributed by atoms with van der Waals surface area (Å²) in [7, 11) is 0. The molecule has 0 saturated carbocycles. The third-order valence-corrected chi connectivity index (χ3v) is 5.40. The first-order valence-corrected chi connectivity index (χ1v) is 9.48. The quantitative estimate of drug-likeness (QED) is 0.734. The van der Waals surface area contributed by atoms with E-state index in [9.17, 15) is 14.4 Å². The monoisotopic (exact) mass is 378 g/mol. The Morgan fingerprint density at radius 2 is 2.27 bits per heavy atom. The summed E-state index contributed by atoms with van der Waals surface area (Å²) < 4.78 is 1.57. The van der Waals surface area contributed by atoms with E-state index >= 15 is 0 Å². The Bertz CT molecular complexity index is 876. The summed E-state index contributed by atoms with van der Waals surface area (Å²) in [5, 5.41) is 3.62. The minimum absolute atomic E-state index is 0.0691. The van der Waals surface area contributed by atoms with Crippen molar-refractivity contribution in [2.24, 2.45) is 11.7 Å². The lowest BCUT2D eigenvalue weighted by Gasteiger charge is -2.31. The molecule has 0 spiro atoms. The van der Waals surface area contributed by atoms with E-state index in [2.05, 4.69) is 15.3 Å². The van der Waals surface area contributed by atoms with Gasteiger partial charge < -0.3 is 16.0 Å². The van der Waals surface area contributed by atoms with Gasteiger partial charge in [0.1, 0.15) is 17.6 Å². The molecule has 1 aliphatic rings. The number of amides is 2. The van der Waals surface area contributed by atoms with Gasteiger partial charge in [0.2, 0.25) is 11.8 Å². The Kier molecular flexibility index (Phi) is 5.50. The molecule has 0 aliphatic carbocycles. The lowest BCUT2D eigenvalue weighted by atomic mass is 9.97. The van der Waals surface area contributed by atoms with Crippen molar-refractivity contribution in [1.82, 2.24) is 19.9 Å². The standard InChI is InChI=1S/C16H22N6O3S/c1-2-5-18-14(24)10-4-3-6-21(7-10)16-20-13-12(26-16)15(25)22(9-19-13)8-11(17)23/h9-10H,2-8H2,1H3,(H2,17,23)(H,18,24). The fourth-order valence-corrected chi connectivity index (χ4v) is 4.01. The fraction of sp³-hybridized carbons (Fsp3) is 0.562. The van der Waals surface area contributed by atoms with Crippen LogP contribution in [0.25, 0.3) is 10.3 Å². The highest BCUT2D eigenvalue weighted by Crippen LogP contribution is 2.29. The van der Waals surface area contributed by atoms with E-state index in [0.717, 1.165) is 25.8 Å². The highest BCUT2D eigenvalue weighted by Gasteiger charge is 2.27. The number of carbonyl (C=O) groups excluding carboxylic acids is 2. The number of nitrogens with one attached hydrogen (secondary N) is 1. The Hall–Kier alpha value is -2.49. The molecule has 1 atom stereocenters. The van der Waals surface area contributed by atoms with Crippen LogP contribution in [0.15, 0.2) is 11.1 Å². The molecular formula is C16H22N6O3S. The van der Waals surface area contributed by atoms with Gasteiger partial charge in [0.15, 0.2) is 10.8 Å². The molecule has 3 rings (SSSR count). The second-order valence-electron chi connectivity index (χ2n) is 6.37. The Morgan fingerprint density at radius 3 is 3.00 bits per heavy atom. The number of rotatable bonds is 6. The number of fused-ring (bicyclic) bond motifs is 1. The van der Waals surface area contributed by atoms with Crippen molar-refractivity contribution in [2.75, 3.05) is 24.5 Å². The Labute approximate surface area is 154 Å². The Balaban J connectivity index is 1.81. The number of thiazole rings is 1. The van der Waals surface area contributed by atoms with Gasteiger partial charge >= 0.3 is 0 Å². The highest BCUT2D eigenvalue weighted by molar-refractivity contribution is 7.22. The van der Waals surface area contributed by atoms with Crippen LogP contribution >= 0.6 is 11.3 Å². The first-order chi connectivity index (χ1) is 12.5. The van der Waals surface area contributed by atoms with Crippen LogP contribution in [0.2, 0.25) is 0 Å². The zero-order chi connectivity index (χ0) is 18.7. The third-order valence-electron chi connectivity index (χ3n) is 4.31. The van der Waals surface area contributed by atoms with Crippen LogP contribution in [0, 0.1) is 5.92 Å². The zero-order valence-electron chi connectivity index (χ0n) is 14.6. The first kappa shape index (κ1) is 18.3. The predicted octanol–water partition coefficient (Wildman–Crippen LogP) is 0.0809. The molecule has 1 unspecified atom stereocenters. The van der Waals surface area contributed by atoms with Crippen LogP contribution in [-0.2, 0) is 16.1 Å². The second-order valence-corrected chi connectivity index (χ2v) is 7.35. The molecule has 3 heterocycles. The highest BCUT2D eigenvalue weighted by atomic mass is 32.1. The van der Waals surface area contributed by atoms with Crippen molar-refractivity contribution in [1.29, 1.82) is 0 Å². The molecule has 0 aromatic carbocycles. The van der Waals surface area contributed by atoms with Gasteiger partial charge in [0, 0.05) is 19.6 Å². The van der Waals surface area contributed by atoms with Gasteiger partial charge in [-0.15, -0.1) is 0 Å². The number of carbonyl (C=O) groups is 2. The van der Waals surface area contributed by atoms with E-state index in [-0.39, 0.29) is 23.9 Å². The van der Waals surface area contributed by atoms with Crippen LogP contribution in [0.3, 0.4) is 0 Å². The predicted molar refractivity (Wildman–Crippen MR) is 99.1 cm³/mol. The molecule has 2 aromatic rings. The third kappa shape index (κ3) is 3.85. The summed E-state index contributed by atoms with van der Waals surface area (Å²) in [4.78, 5) is 46.4. The minimum atomic E-state index is -0.602. The summed E-state index contributed by atoms with van der Waals surface area (Å²) in [6.45, 7) is 3.85.